The average Bonchev–Trinajstić information content (AvgIpc) is 2.76. The number of rotatable bonds is 3. The number of carbonyl (C=O) groups excluding carboxylic acids is 1. The third kappa shape index (κ3) is 2.88. The highest BCUT2D eigenvalue weighted by Gasteiger charge is 2.24. The lowest BCUT2D eigenvalue weighted by Crippen LogP contribution is -2.20. The minimum atomic E-state index is 0.173. The number of fused-ring (bicyclic) bond motifs is 1. The Labute approximate surface area is 133 Å². The summed E-state index contributed by atoms with van der Waals surface area (Å²) in [6.07, 6.45) is 1.47. The molecule has 1 atom stereocenters. The number of halogens is 1. The van der Waals surface area contributed by atoms with E-state index in [1.807, 2.05) is 7.05 Å². The Balaban J connectivity index is 1.80. The maximum absolute atomic E-state index is 11.7. The molecule has 0 bridgehead atoms. The summed E-state index contributed by atoms with van der Waals surface area (Å²) < 4.78 is 0. The molecule has 1 heterocycles. The van der Waals surface area contributed by atoms with E-state index < -0.39 is 0 Å². The Morgan fingerprint density at radius 2 is 1.90 bits per heavy atom. The summed E-state index contributed by atoms with van der Waals surface area (Å²) >= 11 is 3.78. The number of alkyl halides is 1. The van der Waals surface area contributed by atoms with Crippen LogP contribution in [0.15, 0.2) is 42.5 Å². The molecule has 0 saturated heterocycles. The number of benzene rings is 2. The van der Waals surface area contributed by atoms with E-state index in [2.05, 4.69) is 65.3 Å². The molecule has 1 aliphatic heterocycles. The van der Waals surface area contributed by atoms with Crippen LogP contribution in [0.2, 0.25) is 0 Å². The molecule has 0 aliphatic carbocycles. The van der Waals surface area contributed by atoms with Gasteiger partial charge >= 0.3 is 0 Å². The summed E-state index contributed by atoms with van der Waals surface area (Å²) in [5.41, 5.74) is 6.00. The van der Waals surface area contributed by atoms with E-state index in [1.165, 1.54) is 16.7 Å². The van der Waals surface area contributed by atoms with Crippen molar-refractivity contribution in [3.63, 3.8) is 0 Å². The van der Waals surface area contributed by atoms with Gasteiger partial charge in [0.05, 0.1) is 6.42 Å². The Bertz CT molecular complexity index is 678. The lowest BCUT2D eigenvalue weighted by atomic mass is 10.0. The summed E-state index contributed by atoms with van der Waals surface area (Å²) in [7, 11) is 1.84. The number of aryl methyl sites for hydroxylation is 1. The van der Waals surface area contributed by atoms with Crippen LogP contribution in [0, 0.1) is 6.92 Å². The van der Waals surface area contributed by atoms with Gasteiger partial charge in [-0.05, 0) is 36.1 Å². The monoisotopic (exact) mass is 343 g/mol. The SMILES string of the molecule is Cc1ccc(CC(Br)c2ccc3c(c2)CC(=O)N3C)cc1. The zero-order valence-electron chi connectivity index (χ0n) is 12.3. The van der Waals surface area contributed by atoms with Crippen molar-refractivity contribution < 1.29 is 4.79 Å². The second-order valence-electron chi connectivity index (χ2n) is 5.67. The average molecular weight is 344 g/mol. The highest BCUT2D eigenvalue weighted by Crippen LogP contribution is 2.34. The maximum atomic E-state index is 11.7. The van der Waals surface area contributed by atoms with Gasteiger partial charge < -0.3 is 4.90 Å². The molecule has 1 amide bonds. The first-order valence-electron chi connectivity index (χ1n) is 7.13. The lowest BCUT2D eigenvalue weighted by molar-refractivity contribution is -0.117. The summed E-state index contributed by atoms with van der Waals surface area (Å²) in [6, 6.07) is 15.0. The fourth-order valence-electron chi connectivity index (χ4n) is 2.73. The van der Waals surface area contributed by atoms with Crippen LogP contribution >= 0.6 is 15.9 Å². The van der Waals surface area contributed by atoms with Gasteiger partial charge in [-0.15, -0.1) is 0 Å². The normalized spacial score (nSPS) is 15.2. The summed E-state index contributed by atoms with van der Waals surface area (Å²) in [5.74, 6) is 0.173. The van der Waals surface area contributed by atoms with Gasteiger partial charge in [-0.25, -0.2) is 0 Å². The van der Waals surface area contributed by atoms with Crippen molar-refractivity contribution in [2.45, 2.75) is 24.6 Å². The Morgan fingerprint density at radius 1 is 1.19 bits per heavy atom. The molecule has 0 fully saturated rings. The van der Waals surface area contributed by atoms with E-state index in [4.69, 9.17) is 0 Å². The molecule has 21 heavy (non-hydrogen) atoms. The van der Waals surface area contributed by atoms with E-state index in [9.17, 15) is 4.79 Å². The lowest BCUT2D eigenvalue weighted by Gasteiger charge is -2.14. The number of hydrogen-bond acceptors (Lipinski definition) is 1. The molecular weight excluding hydrogens is 326 g/mol. The van der Waals surface area contributed by atoms with Crippen LogP contribution in [0.4, 0.5) is 5.69 Å². The third-order valence-corrected chi connectivity index (χ3v) is 4.93. The molecule has 0 saturated carbocycles. The van der Waals surface area contributed by atoms with E-state index in [0.29, 0.717) is 6.42 Å². The number of likely N-dealkylation sites (N-methyl/N-ethyl adjacent to an activating group) is 1. The molecule has 1 aliphatic rings. The van der Waals surface area contributed by atoms with Crippen LogP contribution in [-0.4, -0.2) is 13.0 Å². The number of hydrogen-bond donors (Lipinski definition) is 0. The number of nitrogens with zero attached hydrogens (tertiary/aromatic N) is 1. The quantitative estimate of drug-likeness (QED) is 0.765. The van der Waals surface area contributed by atoms with Gasteiger partial charge in [0.1, 0.15) is 0 Å². The van der Waals surface area contributed by atoms with E-state index in [-0.39, 0.29) is 10.7 Å². The van der Waals surface area contributed by atoms with Gasteiger partial charge in [0, 0.05) is 17.6 Å². The molecule has 2 aromatic carbocycles. The summed E-state index contributed by atoms with van der Waals surface area (Å²) in [6.45, 7) is 2.10. The molecule has 2 aromatic rings. The Morgan fingerprint density at radius 3 is 2.62 bits per heavy atom. The van der Waals surface area contributed by atoms with Gasteiger partial charge in [0.15, 0.2) is 0 Å². The van der Waals surface area contributed by atoms with Crippen molar-refractivity contribution in [2.24, 2.45) is 0 Å². The Kier molecular flexibility index (Phi) is 3.85. The topological polar surface area (TPSA) is 20.3 Å². The fourth-order valence-corrected chi connectivity index (χ4v) is 3.39. The van der Waals surface area contributed by atoms with Gasteiger partial charge in [0.2, 0.25) is 5.91 Å². The standard InChI is InChI=1S/C18H18BrNO/c1-12-3-5-13(6-4-12)9-16(19)14-7-8-17-15(10-14)11-18(21)20(17)2/h3-8,10,16H,9,11H2,1-2H3. The largest absolute Gasteiger partial charge is 0.315 e. The van der Waals surface area contributed by atoms with Crippen LogP contribution in [0.25, 0.3) is 0 Å². The first-order chi connectivity index (χ1) is 10.0. The maximum Gasteiger partial charge on any atom is 0.231 e. The third-order valence-electron chi connectivity index (χ3n) is 4.08. The molecule has 108 valence electrons. The van der Waals surface area contributed by atoms with Crippen molar-refractivity contribution in [3.05, 3.63) is 64.7 Å². The zero-order chi connectivity index (χ0) is 15.0. The van der Waals surface area contributed by atoms with Crippen molar-refractivity contribution in [1.82, 2.24) is 0 Å². The molecule has 0 spiro atoms. The number of amides is 1. The molecule has 3 heteroatoms. The minimum absolute atomic E-state index is 0.173. The number of carbonyl (C=O) groups is 1. The van der Waals surface area contributed by atoms with Crippen LogP contribution < -0.4 is 4.90 Å². The second kappa shape index (κ2) is 5.64. The van der Waals surface area contributed by atoms with E-state index in [0.717, 1.165) is 17.7 Å². The molecule has 2 nitrogen and oxygen atoms in total. The molecule has 0 radical (unpaired) electrons. The van der Waals surface area contributed by atoms with Crippen LogP contribution in [0.3, 0.4) is 0 Å². The van der Waals surface area contributed by atoms with Gasteiger partial charge in [-0.3, -0.25) is 4.79 Å². The van der Waals surface area contributed by atoms with E-state index >= 15 is 0 Å². The van der Waals surface area contributed by atoms with Crippen molar-refractivity contribution >= 4 is 27.5 Å². The first-order valence-corrected chi connectivity index (χ1v) is 8.05. The highest BCUT2D eigenvalue weighted by molar-refractivity contribution is 9.09. The summed E-state index contributed by atoms with van der Waals surface area (Å²) in [5, 5.41) is 0. The Hall–Kier alpha value is -1.61. The summed E-state index contributed by atoms with van der Waals surface area (Å²) in [4.78, 5) is 13.8. The minimum Gasteiger partial charge on any atom is -0.315 e. The smallest absolute Gasteiger partial charge is 0.231 e. The van der Waals surface area contributed by atoms with Crippen LogP contribution in [-0.2, 0) is 17.6 Å². The van der Waals surface area contributed by atoms with Crippen LogP contribution in [0.1, 0.15) is 27.1 Å². The predicted octanol–water partition coefficient (Wildman–Crippen LogP) is 4.19. The molecular formula is C18H18BrNO. The number of anilines is 1. The second-order valence-corrected chi connectivity index (χ2v) is 6.78. The zero-order valence-corrected chi connectivity index (χ0v) is 13.9. The molecule has 1 unspecified atom stereocenters. The van der Waals surface area contributed by atoms with Crippen molar-refractivity contribution in [1.29, 1.82) is 0 Å². The van der Waals surface area contributed by atoms with Gasteiger partial charge in [0.25, 0.3) is 0 Å². The van der Waals surface area contributed by atoms with Crippen molar-refractivity contribution in [2.75, 3.05) is 11.9 Å². The van der Waals surface area contributed by atoms with E-state index in [1.54, 1.807) is 4.90 Å². The molecule has 3 rings (SSSR count). The fraction of sp³-hybridized carbons (Fsp3) is 0.278. The predicted molar refractivity (Wildman–Crippen MR) is 90.1 cm³/mol. The highest BCUT2D eigenvalue weighted by atomic mass is 79.9. The molecule has 0 aromatic heterocycles. The molecule has 0 N–H and O–H groups in total. The van der Waals surface area contributed by atoms with Crippen LogP contribution in [0.5, 0.6) is 0 Å². The van der Waals surface area contributed by atoms with Gasteiger partial charge in [-0.1, -0.05) is 57.9 Å². The first kappa shape index (κ1) is 14.3. The van der Waals surface area contributed by atoms with Crippen molar-refractivity contribution in [3.8, 4) is 0 Å². The van der Waals surface area contributed by atoms with Gasteiger partial charge in [-0.2, -0.15) is 0 Å².